The number of amides is 3. The van der Waals surface area contributed by atoms with E-state index in [-0.39, 0.29) is 54.9 Å². The highest BCUT2D eigenvalue weighted by atomic mass is 19.1. The maximum absolute atomic E-state index is 14.0. The van der Waals surface area contributed by atoms with Crippen LogP contribution in [0.25, 0.3) is 0 Å². The quantitative estimate of drug-likeness (QED) is 0.163. The molecule has 0 aliphatic carbocycles. The van der Waals surface area contributed by atoms with E-state index in [0.29, 0.717) is 13.0 Å². The van der Waals surface area contributed by atoms with Crippen LogP contribution in [0.1, 0.15) is 72.3 Å². The average Bonchev–Trinajstić information content (AvgIpc) is 3.63. The molecule has 6 unspecified atom stereocenters. The number of likely N-dealkylation sites (tertiary alicyclic amines) is 1. The minimum atomic E-state index is -0.888. The number of esters is 1. The van der Waals surface area contributed by atoms with Gasteiger partial charge in [0.1, 0.15) is 11.9 Å². The van der Waals surface area contributed by atoms with Gasteiger partial charge in [-0.2, -0.15) is 4.39 Å². The highest BCUT2D eigenvalue weighted by molar-refractivity contribution is 5.86. The van der Waals surface area contributed by atoms with Gasteiger partial charge in [-0.1, -0.05) is 83.9 Å². The van der Waals surface area contributed by atoms with Gasteiger partial charge in [0.15, 0.2) is 0 Å². The summed E-state index contributed by atoms with van der Waals surface area (Å²) in [7, 11) is 6.00. The van der Waals surface area contributed by atoms with Gasteiger partial charge in [0, 0.05) is 34.2 Å². The van der Waals surface area contributed by atoms with Crippen LogP contribution < -0.4 is 10.6 Å². The lowest BCUT2D eigenvalue weighted by molar-refractivity contribution is -0.148. The van der Waals surface area contributed by atoms with Crippen molar-refractivity contribution < 1.29 is 37.8 Å². The second kappa shape index (κ2) is 22.8. The number of carbonyl (C=O) groups is 4. The summed E-state index contributed by atoms with van der Waals surface area (Å²) in [6, 6.07) is 11.9. The number of nitrogens with one attached hydrogen (secondary N) is 2. The van der Waals surface area contributed by atoms with Gasteiger partial charge in [-0.3, -0.25) is 14.4 Å². The Hall–Kier alpha value is -4.10. The SMILES string of the molecule is CCC.CCC(C)C(C(CC(=O)N1CCCC1C(OC)C(C)C(=O)N[C@@H](Cc1ccccc1)C(=O)OC)OC)N(C)C(=O)CNc1cccc(F)n1. The Labute approximate surface area is 309 Å². The van der Waals surface area contributed by atoms with E-state index in [0.717, 1.165) is 18.4 Å². The van der Waals surface area contributed by atoms with Crippen LogP contribution >= 0.6 is 0 Å². The smallest absolute Gasteiger partial charge is 0.328 e. The van der Waals surface area contributed by atoms with Crippen LogP contribution in [0.5, 0.6) is 0 Å². The molecule has 0 saturated carbocycles. The van der Waals surface area contributed by atoms with E-state index in [4.69, 9.17) is 14.2 Å². The fourth-order valence-electron chi connectivity index (χ4n) is 6.61. The molecule has 290 valence electrons. The Kier molecular flexibility index (Phi) is 19.3. The fraction of sp³-hybridized carbons (Fsp3) is 0.615. The lowest BCUT2D eigenvalue weighted by Gasteiger charge is -2.39. The molecule has 1 saturated heterocycles. The Bertz CT molecular complexity index is 1400. The first-order valence-electron chi connectivity index (χ1n) is 18.3. The number of likely N-dealkylation sites (N-methyl/N-ethyl adjacent to an activating group) is 1. The third-order valence-corrected chi connectivity index (χ3v) is 9.53. The van der Waals surface area contributed by atoms with E-state index in [1.807, 2.05) is 44.2 Å². The molecule has 7 atom stereocenters. The minimum Gasteiger partial charge on any atom is -0.467 e. The summed E-state index contributed by atoms with van der Waals surface area (Å²) in [4.78, 5) is 60.5. The minimum absolute atomic E-state index is 0.0109. The van der Waals surface area contributed by atoms with Crippen LogP contribution in [0.3, 0.4) is 0 Å². The number of nitrogens with zero attached hydrogens (tertiary/aromatic N) is 3. The lowest BCUT2D eigenvalue weighted by atomic mass is 9.90. The Morgan fingerprint density at radius 1 is 1.00 bits per heavy atom. The maximum atomic E-state index is 14.0. The normalized spacial score (nSPS) is 17.3. The topological polar surface area (TPSA) is 139 Å². The van der Waals surface area contributed by atoms with E-state index in [2.05, 4.69) is 29.5 Å². The van der Waals surface area contributed by atoms with Gasteiger partial charge < -0.3 is 34.6 Å². The predicted octanol–water partition coefficient (Wildman–Crippen LogP) is 4.87. The zero-order valence-corrected chi connectivity index (χ0v) is 32.4. The summed E-state index contributed by atoms with van der Waals surface area (Å²) in [6.07, 6.45) is 2.37. The van der Waals surface area contributed by atoms with E-state index < -0.39 is 42.1 Å². The molecule has 3 rings (SSSR count). The Morgan fingerprint density at radius 2 is 1.67 bits per heavy atom. The Morgan fingerprint density at radius 3 is 2.25 bits per heavy atom. The number of hydrogen-bond acceptors (Lipinski definition) is 9. The summed E-state index contributed by atoms with van der Waals surface area (Å²) in [6.45, 7) is 10.4. The molecule has 3 amide bonds. The van der Waals surface area contributed by atoms with Gasteiger partial charge in [-0.25, -0.2) is 9.78 Å². The number of benzene rings is 1. The molecule has 1 fully saturated rings. The summed E-state index contributed by atoms with van der Waals surface area (Å²) in [5, 5.41) is 5.71. The monoisotopic (exact) mass is 729 g/mol. The van der Waals surface area contributed by atoms with Gasteiger partial charge in [0.2, 0.25) is 23.7 Å². The number of ether oxygens (including phenoxy) is 3. The van der Waals surface area contributed by atoms with Gasteiger partial charge >= 0.3 is 5.97 Å². The first-order chi connectivity index (χ1) is 24.9. The molecule has 1 aliphatic heterocycles. The summed E-state index contributed by atoms with van der Waals surface area (Å²) >= 11 is 0. The molecule has 0 spiro atoms. The third-order valence-electron chi connectivity index (χ3n) is 9.53. The summed E-state index contributed by atoms with van der Waals surface area (Å²) in [5.74, 6) is -2.48. The molecule has 12 nitrogen and oxygen atoms in total. The molecular weight excluding hydrogens is 669 g/mol. The standard InChI is InChI=1S/C36H52FN5O7.C3H8/c1-8-23(2)33(41(4)32(44)22-38-30-18-12-17-29(37)40-30)28(47-5)21-31(43)42-19-13-16-27(42)34(48-6)24(3)35(45)39-26(36(46)49-7)20-25-14-10-9-11-15-25;1-3-2/h9-12,14-15,17-18,23-24,26-28,33-34H,8,13,16,19-22H2,1-7H3,(H,38,40)(H,39,45);3H2,1-2H3/t23?,24?,26-,27?,28?,33?,34?;/m0./s1. The van der Waals surface area contributed by atoms with Crippen molar-refractivity contribution in [3.8, 4) is 0 Å². The third kappa shape index (κ3) is 12.8. The number of halogens is 1. The van der Waals surface area contributed by atoms with Crippen LogP contribution in [-0.2, 0) is 39.8 Å². The zero-order valence-electron chi connectivity index (χ0n) is 32.4. The number of aromatic nitrogens is 1. The molecule has 13 heteroatoms. The van der Waals surface area contributed by atoms with Crippen LogP contribution in [0.2, 0.25) is 0 Å². The van der Waals surface area contributed by atoms with Crippen LogP contribution in [0, 0.1) is 17.8 Å². The van der Waals surface area contributed by atoms with Crippen molar-refractivity contribution in [3.63, 3.8) is 0 Å². The van der Waals surface area contributed by atoms with Crippen molar-refractivity contribution in [2.24, 2.45) is 11.8 Å². The van der Waals surface area contributed by atoms with Crippen LogP contribution in [0.4, 0.5) is 10.2 Å². The van der Waals surface area contributed by atoms with Crippen LogP contribution in [-0.4, -0.2) is 110 Å². The van der Waals surface area contributed by atoms with Crippen molar-refractivity contribution in [3.05, 3.63) is 60.0 Å². The second-order valence-corrected chi connectivity index (χ2v) is 13.3. The van der Waals surface area contributed by atoms with E-state index in [9.17, 15) is 23.6 Å². The maximum Gasteiger partial charge on any atom is 0.328 e. The molecule has 1 aromatic carbocycles. The van der Waals surface area contributed by atoms with Crippen molar-refractivity contribution >= 4 is 29.5 Å². The number of rotatable bonds is 18. The van der Waals surface area contributed by atoms with Crippen molar-refractivity contribution in [2.45, 2.75) is 103 Å². The van der Waals surface area contributed by atoms with Gasteiger partial charge in [-0.05, 0) is 36.5 Å². The molecule has 0 bridgehead atoms. The fourth-order valence-corrected chi connectivity index (χ4v) is 6.61. The number of methoxy groups -OCH3 is 3. The van der Waals surface area contributed by atoms with Gasteiger partial charge in [0.05, 0.1) is 50.3 Å². The first kappa shape index (κ1) is 44.1. The second-order valence-electron chi connectivity index (χ2n) is 13.3. The number of anilines is 1. The molecule has 2 N–H and O–H groups in total. The largest absolute Gasteiger partial charge is 0.467 e. The summed E-state index contributed by atoms with van der Waals surface area (Å²) in [5.41, 5.74) is 0.873. The summed E-state index contributed by atoms with van der Waals surface area (Å²) < 4.78 is 30.3. The molecular formula is C39H60FN5O7. The van der Waals surface area contributed by atoms with Crippen molar-refractivity contribution in [2.75, 3.05) is 46.8 Å². The molecule has 52 heavy (non-hydrogen) atoms. The molecule has 1 aromatic heterocycles. The molecule has 2 heterocycles. The molecule has 0 radical (unpaired) electrons. The highest BCUT2D eigenvalue weighted by Gasteiger charge is 2.42. The predicted molar refractivity (Wildman–Crippen MR) is 199 cm³/mol. The Balaban J connectivity index is 0.00000301. The number of carbonyl (C=O) groups excluding carboxylic acids is 4. The highest BCUT2D eigenvalue weighted by Crippen LogP contribution is 2.29. The van der Waals surface area contributed by atoms with Gasteiger partial charge in [-0.15, -0.1) is 0 Å². The number of pyridine rings is 1. The van der Waals surface area contributed by atoms with Gasteiger partial charge in [0.25, 0.3) is 0 Å². The van der Waals surface area contributed by atoms with E-state index in [1.54, 1.807) is 29.8 Å². The van der Waals surface area contributed by atoms with Crippen molar-refractivity contribution in [1.29, 1.82) is 0 Å². The lowest BCUT2D eigenvalue weighted by Crippen LogP contribution is -2.54. The number of hydrogen-bond donors (Lipinski definition) is 2. The van der Waals surface area contributed by atoms with Crippen molar-refractivity contribution in [1.82, 2.24) is 20.1 Å². The van der Waals surface area contributed by atoms with E-state index in [1.165, 1.54) is 39.9 Å². The average molecular weight is 730 g/mol. The zero-order chi connectivity index (χ0) is 38.8. The molecule has 2 aromatic rings. The molecule has 1 aliphatic rings. The van der Waals surface area contributed by atoms with E-state index >= 15 is 0 Å². The van der Waals surface area contributed by atoms with Crippen LogP contribution in [0.15, 0.2) is 48.5 Å². The first-order valence-corrected chi connectivity index (χ1v) is 18.3.